The largest absolute Gasteiger partial charge is 0.467 e. The highest BCUT2D eigenvalue weighted by Crippen LogP contribution is 2.32. The Balaban J connectivity index is 2.83. The van der Waals surface area contributed by atoms with Crippen molar-refractivity contribution in [1.29, 1.82) is 0 Å². The van der Waals surface area contributed by atoms with Gasteiger partial charge in [-0.3, -0.25) is 4.90 Å². The molecule has 0 aliphatic carbocycles. The van der Waals surface area contributed by atoms with Crippen LogP contribution in [0.5, 0.6) is 0 Å². The minimum Gasteiger partial charge on any atom is -0.467 e. The third kappa shape index (κ3) is 1.91. The third-order valence-corrected chi connectivity index (χ3v) is 1.99. The minimum atomic E-state index is -3.16. The van der Waals surface area contributed by atoms with Crippen molar-refractivity contribution < 1.29 is 28.2 Å². The molecule has 1 saturated heterocycles. The first kappa shape index (κ1) is 10.7. The zero-order valence-corrected chi connectivity index (χ0v) is 7.37. The number of ether oxygens (including phenoxy) is 1. The van der Waals surface area contributed by atoms with E-state index in [0.29, 0.717) is 4.90 Å². The molecule has 1 aliphatic heterocycles. The SMILES string of the molecule is COC(=O)[C@H]1CC(F)(F)CN1C(=O)O. The lowest BCUT2D eigenvalue weighted by molar-refractivity contribution is -0.145. The molecule has 5 nitrogen and oxygen atoms in total. The van der Waals surface area contributed by atoms with Gasteiger partial charge in [-0.15, -0.1) is 0 Å². The number of carbonyl (C=O) groups is 2. The van der Waals surface area contributed by atoms with E-state index in [0.717, 1.165) is 7.11 Å². The maximum Gasteiger partial charge on any atom is 0.408 e. The molecule has 1 atom stereocenters. The Morgan fingerprint density at radius 3 is 2.57 bits per heavy atom. The predicted molar refractivity (Wildman–Crippen MR) is 40.1 cm³/mol. The Kier molecular flexibility index (Phi) is 2.59. The van der Waals surface area contributed by atoms with Gasteiger partial charge in [0.1, 0.15) is 6.04 Å². The van der Waals surface area contributed by atoms with Gasteiger partial charge in [-0.2, -0.15) is 0 Å². The number of methoxy groups -OCH3 is 1. The minimum absolute atomic E-state index is 0.395. The van der Waals surface area contributed by atoms with Crippen LogP contribution in [-0.4, -0.2) is 47.7 Å². The maximum absolute atomic E-state index is 12.8. The zero-order chi connectivity index (χ0) is 10.9. The Morgan fingerprint density at radius 2 is 2.14 bits per heavy atom. The summed E-state index contributed by atoms with van der Waals surface area (Å²) in [6, 6.07) is -1.40. The van der Waals surface area contributed by atoms with Gasteiger partial charge in [-0.25, -0.2) is 18.4 Å². The normalized spacial score (nSPS) is 24.8. The number of rotatable bonds is 1. The van der Waals surface area contributed by atoms with Gasteiger partial charge in [0, 0.05) is 6.42 Å². The number of amides is 1. The highest BCUT2D eigenvalue weighted by Gasteiger charge is 2.50. The molecule has 0 bridgehead atoms. The number of nitrogens with zero attached hydrogens (tertiary/aromatic N) is 1. The van der Waals surface area contributed by atoms with Crippen molar-refractivity contribution in [2.24, 2.45) is 0 Å². The summed E-state index contributed by atoms with van der Waals surface area (Å²) in [6.45, 7) is -0.956. The standard InChI is InChI=1S/C7H9F2NO4/c1-14-5(11)4-2-7(8,9)3-10(4)6(12)13/h4H,2-3H2,1H3,(H,12,13)/t4-/m1/s1. The highest BCUT2D eigenvalue weighted by molar-refractivity contribution is 5.81. The Bertz CT molecular complexity index is 268. The molecule has 0 aromatic carbocycles. The van der Waals surface area contributed by atoms with Gasteiger partial charge < -0.3 is 9.84 Å². The van der Waals surface area contributed by atoms with Crippen LogP contribution in [0.15, 0.2) is 0 Å². The average molecular weight is 209 g/mol. The van der Waals surface area contributed by atoms with Crippen LogP contribution in [0.1, 0.15) is 6.42 Å². The smallest absolute Gasteiger partial charge is 0.408 e. The first-order valence-corrected chi connectivity index (χ1v) is 3.82. The monoisotopic (exact) mass is 209 g/mol. The number of hydrogen-bond acceptors (Lipinski definition) is 3. The summed E-state index contributed by atoms with van der Waals surface area (Å²) in [6.07, 6.45) is -2.36. The fraction of sp³-hybridized carbons (Fsp3) is 0.714. The number of carbonyl (C=O) groups excluding carboxylic acids is 1. The number of likely N-dealkylation sites (tertiary alicyclic amines) is 1. The predicted octanol–water partition coefficient (Wildman–Crippen LogP) is 0.547. The summed E-state index contributed by atoms with van der Waals surface area (Å²) in [5, 5.41) is 8.55. The quantitative estimate of drug-likeness (QED) is 0.640. The van der Waals surface area contributed by atoms with Crippen LogP contribution in [0.4, 0.5) is 13.6 Å². The molecule has 1 aliphatic rings. The molecule has 1 rings (SSSR count). The molecule has 1 heterocycles. The molecular weight excluding hydrogens is 200 g/mol. The van der Waals surface area contributed by atoms with E-state index in [4.69, 9.17) is 5.11 Å². The molecule has 0 saturated carbocycles. The molecule has 7 heteroatoms. The lowest BCUT2D eigenvalue weighted by Gasteiger charge is -2.17. The number of halogens is 2. The lowest BCUT2D eigenvalue weighted by atomic mass is 10.2. The number of esters is 1. The van der Waals surface area contributed by atoms with E-state index in [1.165, 1.54) is 0 Å². The Morgan fingerprint density at radius 1 is 1.57 bits per heavy atom. The second-order valence-electron chi connectivity index (χ2n) is 3.01. The van der Waals surface area contributed by atoms with Gasteiger partial charge in [-0.1, -0.05) is 0 Å². The van der Waals surface area contributed by atoms with Crippen LogP contribution >= 0.6 is 0 Å². The molecule has 0 aromatic rings. The van der Waals surface area contributed by atoms with E-state index < -0.39 is 37.0 Å². The van der Waals surface area contributed by atoms with Crippen LogP contribution in [-0.2, 0) is 9.53 Å². The summed E-state index contributed by atoms with van der Waals surface area (Å²) in [4.78, 5) is 21.9. The van der Waals surface area contributed by atoms with Crippen LogP contribution < -0.4 is 0 Å². The van der Waals surface area contributed by atoms with Crippen LogP contribution in [0.3, 0.4) is 0 Å². The van der Waals surface area contributed by atoms with E-state index in [1.54, 1.807) is 0 Å². The first-order chi connectivity index (χ1) is 6.37. The molecule has 1 N–H and O–H groups in total. The molecule has 1 fully saturated rings. The van der Waals surface area contributed by atoms with E-state index in [9.17, 15) is 18.4 Å². The van der Waals surface area contributed by atoms with Crippen molar-refractivity contribution in [2.45, 2.75) is 18.4 Å². The average Bonchev–Trinajstić information content (AvgIpc) is 2.40. The summed E-state index contributed by atoms with van der Waals surface area (Å²) >= 11 is 0. The molecule has 0 aromatic heterocycles. The summed E-state index contributed by atoms with van der Waals surface area (Å²) < 4.78 is 29.8. The van der Waals surface area contributed by atoms with Gasteiger partial charge >= 0.3 is 12.1 Å². The summed E-state index contributed by atoms with van der Waals surface area (Å²) in [5.41, 5.74) is 0. The van der Waals surface area contributed by atoms with Crippen molar-refractivity contribution >= 4 is 12.1 Å². The van der Waals surface area contributed by atoms with Crippen molar-refractivity contribution in [3.05, 3.63) is 0 Å². The fourth-order valence-corrected chi connectivity index (χ4v) is 1.36. The second kappa shape index (κ2) is 3.39. The highest BCUT2D eigenvalue weighted by atomic mass is 19.3. The lowest BCUT2D eigenvalue weighted by Crippen LogP contribution is -2.40. The van der Waals surface area contributed by atoms with Crippen molar-refractivity contribution in [3.63, 3.8) is 0 Å². The summed E-state index contributed by atoms with van der Waals surface area (Å²) in [7, 11) is 1.03. The van der Waals surface area contributed by atoms with Crippen LogP contribution in [0.25, 0.3) is 0 Å². The first-order valence-electron chi connectivity index (χ1n) is 3.82. The summed E-state index contributed by atoms with van der Waals surface area (Å²) in [5.74, 6) is -4.11. The van der Waals surface area contributed by atoms with Gasteiger partial charge in [-0.05, 0) is 0 Å². The van der Waals surface area contributed by atoms with Gasteiger partial charge in [0.05, 0.1) is 13.7 Å². The van der Waals surface area contributed by atoms with Crippen molar-refractivity contribution in [1.82, 2.24) is 4.90 Å². The molecule has 1 amide bonds. The number of hydrogen-bond donors (Lipinski definition) is 1. The fourth-order valence-electron chi connectivity index (χ4n) is 1.36. The molecule has 0 spiro atoms. The van der Waals surface area contributed by atoms with E-state index in [2.05, 4.69) is 4.74 Å². The van der Waals surface area contributed by atoms with Crippen molar-refractivity contribution in [3.8, 4) is 0 Å². The van der Waals surface area contributed by atoms with E-state index in [1.807, 2.05) is 0 Å². The molecule has 0 unspecified atom stereocenters. The molecule has 80 valence electrons. The van der Waals surface area contributed by atoms with Crippen LogP contribution in [0, 0.1) is 0 Å². The maximum atomic E-state index is 12.8. The van der Waals surface area contributed by atoms with Gasteiger partial charge in [0.2, 0.25) is 0 Å². The Labute approximate surface area is 78.2 Å². The Hall–Kier alpha value is -1.40. The topological polar surface area (TPSA) is 66.8 Å². The zero-order valence-electron chi connectivity index (χ0n) is 7.37. The molecule has 0 radical (unpaired) electrons. The van der Waals surface area contributed by atoms with Crippen LogP contribution in [0.2, 0.25) is 0 Å². The number of alkyl halides is 2. The van der Waals surface area contributed by atoms with E-state index >= 15 is 0 Å². The van der Waals surface area contributed by atoms with Gasteiger partial charge in [0.15, 0.2) is 0 Å². The number of carboxylic acid groups (broad SMARTS) is 1. The molecular formula is C7H9F2NO4. The third-order valence-electron chi connectivity index (χ3n) is 1.99. The second-order valence-corrected chi connectivity index (χ2v) is 3.01. The van der Waals surface area contributed by atoms with Crippen molar-refractivity contribution in [2.75, 3.05) is 13.7 Å². The van der Waals surface area contributed by atoms with Gasteiger partial charge in [0.25, 0.3) is 5.92 Å². The molecule has 14 heavy (non-hydrogen) atoms. The van der Waals surface area contributed by atoms with E-state index in [-0.39, 0.29) is 0 Å².